The lowest BCUT2D eigenvalue weighted by Gasteiger charge is -2.19. The maximum atomic E-state index is 5.58. The molecule has 1 N–H and O–H groups in total. The molecular weight excluding hydrogens is 268 g/mol. The van der Waals surface area contributed by atoms with Gasteiger partial charge in [0.25, 0.3) is 0 Å². The Labute approximate surface area is 121 Å². The zero-order valence-corrected chi connectivity index (χ0v) is 11.5. The van der Waals surface area contributed by atoms with Crippen molar-refractivity contribution in [3.8, 4) is 0 Å². The summed E-state index contributed by atoms with van der Waals surface area (Å²) in [4.78, 5) is 4.30. The van der Waals surface area contributed by atoms with Crippen LogP contribution in [0.2, 0.25) is 0 Å². The molecule has 0 saturated carbocycles. The minimum absolute atomic E-state index is 0.189. The summed E-state index contributed by atoms with van der Waals surface area (Å²) in [6.45, 7) is 2.10. The van der Waals surface area contributed by atoms with E-state index in [1.165, 1.54) is 5.69 Å². The van der Waals surface area contributed by atoms with Gasteiger partial charge in [0, 0.05) is 30.8 Å². The quantitative estimate of drug-likeness (QED) is 0.762. The number of hydrogen-bond donors (Lipinski definition) is 1. The Hall–Kier alpha value is -2.25. The summed E-state index contributed by atoms with van der Waals surface area (Å²) in [5.41, 5.74) is 2.14. The molecule has 0 bridgehead atoms. The fourth-order valence-electron chi connectivity index (χ4n) is 2.78. The SMILES string of the molecule is c1cc(CN[C@H]2COC[C@H]2n2ccnn2)n2ccnc2c1. The summed E-state index contributed by atoms with van der Waals surface area (Å²) in [6.07, 6.45) is 7.37. The van der Waals surface area contributed by atoms with E-state index < -0.39 is 0 Å². The Morgan fingerprint density at radius 3 is 3.14 bits per heavy atom. The van der Waals surface area contributed by atoms with Crippen molar-refractivity contribution in [2.75, 3.05) is 13.2 Å². The lowest BCUT2D eigenvalue weighted by molar-refractivity contribution is 0.181. The Morgan fingerprint density at radius 2 is 2.24 bits per heavy atom. The van der Waals surface area contributed by atoms with Gasteiger partial charge in [-0.3, -0.25) is 0 Å². The van der Waals surface area contributed by atoms with E-state index in [4.69, 9.17) is 4.74 Å². The van der Waals surface area contributed by atoms with Crippen molar-refractivity contribution in [3.05, 3.63) is 48.7 Å². The molecule has 0 spiro atoms. The molecule has 4 rings (SSSR count). The highest BCUT2D eigenvalue weighted by Gasteiger charge is 2.29. The van der Waals surface area contributed by atoms with Gasteiger partial charge in [0.15, 0.2) is 0 Å². The van der Waals surface area contributed by atoms with Crippen LogP contribution in [0.25, 0.3) is 5.65 Å². The van der Waals surface area contributed by atoms with E-state index in [9.17, 15) is 0 Å². The molecule has 0 aliphatic carbocycles. The van der Waals surface area contributed by atoms with E-state index in [0.29, 0.717) is 13.2 Å². The Balaban J connectivity index is 1.50. The number of ether oxygens (including phenoxy) is 1. The van der Waals surface area contributed by atoms with Crippen LogP contribution >= 0.6 is 0 Å². The van der Waals surface area contributed by atoms with Crippen LogP contribution in [-0.2, 0) is 11.3 Å². The predicted molar refractivity (Wildman–Crippen MR) is 75.7 cm³/mol. The minimum Gasteiger partial charge on any atom is -0.377 e. The second-order valence-electron chi connectivity index (χ2n) is 5.15. The van der Waals surface area contributed by atoms with Gasteiger partial charge < -0.3 is 14.5 Å². The van der Waals surface area contributed by atoms with Crippen LogP contribution < -0.4 is 5.32 Å². The van der Waals surface area contributed by atoms with E-state index in [1.54, 1.807) is 6.20 Å². The molecule has 108 valence electrons. The molecule has 2 atom stereocenters. The van der Waals surface area contributed by atoms with Gasteiger partial charge in [0.1, 0.15) is 5.65 Å². The van der Waals surface area contributed by atoms with Gasteiger partial charge in [-0.1, -0.05) is 11.3 Å². The standard InChI is InChI=1S/C14H16N6O/c1-2-11(19-6-4-15-14(19)3-1)8-16-12-9-21-10-13(12)20-7-5-17-18-20/h1-7,12-13,16H,8-10H2/t12-,13+/m0/s1. The number of aromatic nitrogens is 5. The van der Waals surface area contributed by atoms with Crippen LogP contribution in [0.3, 0.4) is 0 Å². The van der Waals surface area contributed by atoms with Crippen molar-refractivity contribution >= 4 is 5.65 Å². The molecule has 4 heterocycles. The first-order chi connectivity index (χ1) is 10.4. The zero-order chi connectivity index (χ0) is 14.1. The smallest absolute Gasteiger partial charge is 0.136 e. The van der Waals surface area contributed by atoms with E-state index >= 15 is 0 Å². The number of nitrogens with zero attached hydrogens (tertiary/aromatic N) is 5. The summed E-state index contributed by atoms with van der Waals surface area (Å²) in [6, 6.07) is 6.54. The Morgan fingerprint density at radius 1 is 1.24 bits per heavy atom. The number of imidazole rings is 1. The third-order valence-corrected chi connectivity index (χ3v) is 3.89. The van der Waals surface area contributed by atoms with Crippen LogP contribution in [0.15, 0.2) is 43.0 Å². The topological polar surface area (TPSA) is 69.3 Å². The normalized spacial score (nSPS) is 22.1. The molecule has 1 aliphatic heterocycles. The summed E-state index contributed by atoms with van der Waals surface area (Å²) in [5, 5.41) is 11.5. The molecule has 21 heavy (non-hydrogen) atoms. The molecule has 0 amide bonds. The maximum absolute atomic E-state index is 5.58. The summed E-state index contributed by atoms with van der Waals surface area (Å²) in [5.74, 6) is 0. The van der Waals surface area contributed by atoms with Gasteiger partial charge in [-0.2, -0.15) is 0 Å². The second-order valence-corrected chi connectivity index (χ2v) is 5.15. The first-order valence-corrected chi connectivity index (χ1v) is 7.00. The lowest BCUT2D eigenvalue weighted by Crippen LogP contribution is -2.37. The minimum atomic E-state index is 0.189. The largest absolute Gasteiger partial charge is 0.377 e. The fraction of sp³-hybridized carbons (Fsp3) is 0.357. The zero-order valence-electron chi connectivity index (χ0n) is 11.5. The highest BCUT2D eigenvalue weighted by atomic mass is 16.5. The Bertz CT molecular complexity index is 722. The molecule has 1 saturated heterocycles. The third kappa shape index (κ3) is 2.30. The summed E-state index contributed by atoms with van der Waals surface area (Å²) in [7, 11) is 0. The van der Waals surface area contributed by atoms with E-state index in [1.807, 2.05) is 35.4 Å². The molecule has 0 radical (unpaired) electrons. The van der Waals surface area contributed by atoms with Gasteiger partial charge >= 0.3 is 0 Å². The highest BCUT2D eigenvalue weighted by Crippen LogP contribution is 2.18. The van der Waals surface area contributed by atoms with Crippen LogP contribution in [0.5, 0.6) is 0 Å². The van der Waals surface area contributed by atoms with Gasteiger partial charge in [0.05, 0.1) is 31.5 Å². The molecule has 3 aromatic rings. The van der Waals surface area contributed by atoms with Crippen molar-refractivity contribution in [3.63, 3.8) is 0 Å². The van der Waals surface area contributed by atoms with Crippen molar-refractivity contribution in [2.45, 2.75) is 18.6 Å². The second kappa shape index (κ2) is 5.27. The Kier molecular flexibility index (Phi) is 3.13. The molecule has 0 aromatic carbocycles. The van der Waals surface area contributed by atoms with Gasteiger partial charge in [-0.15, -0.1) is 5.10 Å². The van der Waals surface area contributed by atoms with Crippen LogP contribution in [0, 0.1) is 0 Å². The molecule has 7 nitrogen and oxygen atoms in total. The van der Waals surface area contributed by atoms with Crippen molar-refractivity contribution in [2.24, 2.45) is 0 Å². The average molecular weight is 284 g/mol. The van der Waals surface area contributed by atoms with Crippen molar-refractivity contribution < 1.29 is 4.74 Å². The molecule has 7 heteroatoms. The number of fused-ring (bicyclic) bond motifs is 1. The predicted octanol–water partition coefficient (Wildman–Crippen LogP) is 0.655. The maximum Gasteiger partial charge on any atom is 0.136 e. The lowest BCUT2D eigenvalue weighted by atomic mass is 10.1. The number of nitrogens with one attached hydrogen (secondary N) is 1. The van der Waals surface area contributed by atoms with Crippen molar-refractivity contribution in [1.82, 2.24) is 29.7 Å². The number of rotatable bonds is 4. The molecular formula is C14H16N6O. The summed E-state index contributed by atoms with van der Waals surface area (Å²) < 4.78 is 9.54. The van der Waals surface area contributed by atoms with Crippen LogP contribution in [0.4, 0.5) is 0 Å². The number of pyridine rings is 1. The fourth-order valence-corrected chi connectivity index (χ4v) is 2.78. The third-order valence-electron chi connectivity index (χ3n) is 3.89. The van der Waals surface area contributed by atoms with Gasteiger partial charge in [-0.05, 0) is 12.1 Å². The molecule has 0 unspecified atom stereocenters. The van der Waals surface area contributed by atoms with Crippen molar-refractivity contribution in [1.29, 1.82) is 0 Å². The van der Waals surface area contributed by atoms with Gasteiger partial charge in [0.2, 0.25) is 0 Å². The first-order valence-electron chi connectivity index (χ1n) is 7.00. The van der Waals surface area contributed by atoms with Gasteiger partial charge in [-0.25, -0.2) is 9.67 Å². The monoisotopic (exact) mass is 284 g/mol. The average Bonchev–Trinajstić information content (AvgIpc) is 3.23. The van der Waals surface area contributed by atoms with E-state index in [-0.39, 0.29) is 12.1 Å². The van der Waals surface area contributed by atoms with E-state index in [2.05, 4.69) is 31.1 Å². The van der Waals surface area contributed by atoms with Crippen LogP contribution in [0.1, 0.15) is 11.7 Å². The number of hydrogen-bond acceptors (Lipinski definition) is 5. The highest BCUT2D eigenvalue weighted by molar-refractivity contribution is 5.39. The molecule has 1 fully saturated rings. The van der Waals surface area contributed by atoms with Crippen LogP contribution in [-0.4, -0.2) is 43.6 Å². The molecule has 3 aromatic heterocycles. The summed E-state index contributed by atoms with van der Waals surface area (Å²) >= 11 is 0. The first kappa shape index (κ1) is 12.5. The van der Waals surface area contributed by atoms with E-state index in [0.717, 1.165) is 12.2 Å². The molecule has 1 aliphatic rings.